The van der Waals surface area contributed by atoms with E-state index in [4.69, 9.17) is 0 Å². The van der Waals surface area contributed by atoms with E-state index in [1.807, 2.05) is 45.9 Å². The van der Waals surface area contributed by atoms with E-state index in [0.29, 0.717) is 37.2 Å². The molecule has 0 fully saturated rings. The van der Waals surface area contributed by atoms with Crippen molar-refractivity contribution >= 4 is 29.0 Å². The Morgan fingerprint density at radius 2 is 1.76 bits per heavy atom. The highest BCUT2D eigenvalue weighted by Crippen LogP contribution is 2.21. The maximum Gasteiger partial charge on any atom is 0.322 e. The predicted octanol–water partition coefficient (Wildman–Crippen LogP) is 4.84. The van der Waals surface area contributed by atoms with Crippen molar-refractivity contribution in [3.05, 3.63) is 45.4 Å². The Kier molecular flexibility index (Phi) is 8.20. The molecule has 0 atom stereocenters. The van der Waals surface area contributed by atoms with Gasteiger partial charge in [0.25, 0.3) is 5.91 Å². The molecule has 6 nitrogen and oxygen atoms in total. The molecule has 7 heteroatoms. The first-order chi connectivity index (χ1) is 13.7. The van der Waals surface area contributed by atoms with E-state index in [2.05, 4.69) is 29.5 Å². The van der Waals surface area contributed by atoms with Gasteiger partial charge in [-0.25, -0.2) is 9.78 Å². The second-order valence-corrected chi connectivity index (χ2v) is 9.14. The van der Waals surface area contributed by atoms with Gasteiger partial charge in [-0.3, -0.25) is 4.79 Å². The van der Waals surface area contributed by atoms with Crippen LogP contribution in [0.4, 0.5) is 10.5 Å². The van der Waals surface area contributed by atoms with Crippen LogP contribution in [0.1, 0.15) is 54.3 Å². The van der Waals surface area contributed by atoms with Crippen molar-refractivity contribution in [3.63, 3.8) is 0 Å². The van der Waals surface area contributed by atoms with Gasteiger partial charge < -0.3 is 15.5 Å². The lowest BCUT2D eigenvalue weighted by Gasteiger charge is -2.25. The highest BCUT2D eigenvalue weighted by atomic mass is 32.1. The van der Waals surface area contributed by atoms with Crippen LogP contribution < -0.4 is 10.6 Å². The Morgan fingerprint density at radius 3 is 2.34 bits per heavy atom. The van der Waals surface area contributed by atoms with E-state index in [9.17, 15) is 9.59 Å². The maximum atomic E-state index is 13.0. The van der Waals surface area contributed by atoms with Gasteiger partial charge in [0, 0.05) is 24.2 Å². The third-order valence-corrected chi connectivity index (χ3v) is 5.20. The van der Waals surface area contributed by atoms with E-state index in [0.717, 1.165) is 21.8 Å². The molecule has 1 aromatic heterocycles. The van der Waals surface area contributed by atoms with Crippen molar-refractivity contribution in [1.29, 1.82) is 0 Å². The number of aryl methyl sites for hydroxylation is 2. The number of hydrogen-bond donors (Lipinski definition) is 2. The van der Waals surface area contributed by atoms with E-state index in [1.54, 1.807) is 10.3 Å². The standard InChI is InChI=1S/C22H32N4O2S/c1-14(2)10-23-21(27)18-13-29-19(24-18)12-26(11-15(3)4)22(28)25-20-16(5)8-7-9-17(20)6/h7-9,13-15H,10-12H2,1-6H3,(H,23,27)(H,25,28). The van der Waals surface area contributed by atoms with Crippen molar-refractivity contribution < 1.29 is 9.59 Å². The van der Waals surface area contributed by atoms with Gasteiger partial charge in [-0.1, -0.05) is 45.9 Å². The summed E-state index contributed by atoms with van der Waals surface area (Å²) in [6.45, 7) is 13.8. The Hall–Kier alpha value is -2.41. The fraction of sp³-hybridized carbons (Fsp3) is 0.500. The lowest BCUT2D eigenvalue weighted by Crippen LogP contribution is -2.37. The number of amides is 3. The number of nitrogens with one attached hydrogen (secondary N) is 2. The molecule has 0 aliphatic carbocycles. The molecule has 2 aromatic rings. The highest BCUT2D eigenvalue weighted by Gasteiger charge is 2.20. The molecule has 0 saturated carbocycles. The Morgan fingerprint density at radius 1 is 1.10 bits per heavy atom. The molecular weight excluding hydrogens is 384 g/mol. The summed E-state index contributed by atoms with van der Waals surface area (Å²) in [6.07, 6.45) is 0. The minimum Gasteiger partial charge on any atom is -0.350 e. The number of hydrogen-bond acceptors (Lipinski definition) is 4. The zero-order valence-electron chi connectivity index (χ0n) is 18.2. The van der Waals surface area contributed by atoms with Crippen molar-refractivity contribution in [2.75, 3.05) is 18.4 Å². The molecule has 2 rings (SSSR count). The number of nitrogens with zero attached hydrogens (tertiary/aromatic N) is 2. The first-order valence-electron chi connectivity index (χ1n) is 10.0. The molecule has 0 aliphatic rings. The molecule has 0 bridgehead atoms. The van der Waals surface area contributed by atoms with Crippen LogP contribution >= 0.6 is 11.3 Å². The van der Waals surface area contributed by atoms with Crippen LogP contribution in [-0.4, -0.2) is 34.9 Å². The van der Waals surface area contributed by atoms with E-state index < -0.39 is 0 Å². The number of rotatable bonds is 8. The average molecular weight is 417 g/mol. The fourth-order valence-corrected chi connectivity index (χ4v) is 3.68. The van der Waals surface area contributed by atoms with Crippen molar-refractivity contribution in [2.24, 2.45) is 11.8 Å². The lowest BCUT2D eigenvalue weighted by molar-refractivity contribution is 0.0944. The van der Waals surface area contributed by atoms with E-state index in [-0.39, 0.29) is 11.9 Å². The van der Waals surface area contributed by atoms with Crippen LogP contribution in [-0.2, 0) is 6.54 Å². The molecule has 3 amide bonds. The van der Waals surface area contributed by atoms with Crippen LogP contribution in [0.25, 0.3) is 0 Å². The zero-order chi connectivity index (χ0) is 21.6. The van der Waals surface area contributed by atoms with Gasteiger partial charge in [0.1, 0.15) is 10.7 Å². The number of anilines is 1. The molecule has 1 aromatic carbocycles. The van der Waals surface area contributed by atoms with Crippen LogP contribution in [0.3, 0.4) is 0 Å². The second kappa shape index (κ2) is 10.4. The third-order valence-electron chi connectivity index (χ3n) is 4.37. The highest BCUT2D eigenvalue weighted by molar-refractivity contribution is 7.09. The van der Waals surface area contributed by atoms with Crippen molar-refractivity contribution in [1.82, 2.24) is 15.2 Å². The number of aromatic nitrogens is 1. The summed E-state index contributed by atoms with van der Waals surface area (Å²) in [7, 11) is 0. The van der Waals surface area contributed by atoms with Gasteiger partial charge in [0.2, 0.25) is 0 Å². The molecular formula is C22H32N4O2S. The van der Waals surface area contributed by atoms with E-state index >= 15 is 0 Å². The number of para-hydroxylation sites is 1. The van der Waals surface area contributed by atoms with E-state index in [1.165, 1.54) is 11.3 Å². The van der Waals surface area contributed by atoms with Gasteiger partial charge in [-0.15, -0.1) is 11.3 Å². The molecule has 158 valence electrons. The molecule has 0 saturated heterocycles. The van der Waals surface area contributed by atoms with Crippen LogP contribution in [0.15, 0.2) is 23.6 Å². The third kappa shape index (κ3) is 6.85. The van der Waals surface area contributed by atoms with Crippen LogP contribution in [0, 0.1) is 25.7 Å². The van der Waals surface area contributed by atoms with Crippen molar-refractivity contribution in [3.8, 4) is 0 Å². The van der Waals surface area contributed by atoms with Gasteiger partial charge >= 0.3 is 6.03 Å². The predicted molar refractivity (Wildman–Crippen MR) is 119 cm³/mol. The summed E-state index contributed by atoms with van der Waals surface area (Å²) >= 11 is 1.40. The topological polar surface area (TPSA) is 74.3 Å². The normalized spacial score (nSPS) is 11.0. The number of urea groups is 1. The minimum atomic E-state index is -0.170. The quantitative estimate of drug-likeness (QED) is 0.647. The average Bonchev–Trinajstić information content (AvgIpc) is 3.10. The van der Waals surface area contributed by atoms with Gasteiger partial charge in [-0.05, 0) is 36.8 Å². The maximum absolute atomic E-state index is 13.0. The summed E-state index contributed by atoms with van der Waals surface area (Å²) < 4.78 is 0. The monoisotopic (exact) mass is 416 g/mol. The molecule has 1 heterocycles. The Bertz CT molecular complexity index is 825. The summed E-state index contributed by atoms with van der Waals surface area (Å²) in [4.78, 5) is 31.4. The lowest BCUT2D eigenvalue weighted by atomic mass is 10.1. The smallest absolute Gasteiger partial charge is 0.322 e. The minimum absolute atomic E-state index is 0.155. The first-order valence-corrected chi connectivity index (χ1v) is 10.9. The molecule has 0 radical (unpaired) electrons. The number of carbonyl (C=O) groups excluding carboxylic acids is 2. The number of thiazole rings is 1. The summed E-state index contributed by atoms with van der Waals surface area (Å²) in [5, 5.41) is 8.43. The zero-order valence-corrected chi connectivity index (χ0v) is 19.0. The van der Waals surface area contributed by atoms with Gasteiger partial charge in [0.15, 0.2) is 0 Å². The van der Waals surface area contributed by atoms with Crippen molar-refractivity contribution in [2.45, 2.75) is 48.1 Å². The molecule has 0 aliphatic heterocycles. The van der Waals surface area contributed by atoms with Gasteiger partial charge in [0.05, 0.1) is 6.54 Å². The second-order valence-electron chi connectivity index (χ2n) is 8.20. The van der Waals surface area contributed by atoms with Gasteiger partial charge in [-0.2, -0.15) is 0 Å². The number of carbonyl (C=O) groups is 2. The molecule has 0 unspecified atom stereocenters. The summed E-state index contributed by atoms with van der Waals surface area (Å²) in [5.41, 5.74) is 3.31. The summed E-state index contributed by atoms with van der Waals surface area (Å²) in [5.74, 6) is 0.524. The molecule has 2 N–H and O–H groups in total. The Balaban J connectivity index is 2.11. The SMILES string of the molecule is Cc1cccc(C)c1NC(=O)N(Cc1nc(C(=O)NCC(C)C)cs1)CC(C)C. The molecule has 0 spiro atoms. The largest absolute Gasteiger partial charge is 0.350 e. The van der Waals surface area contributed by atoms with Crippen LogP contribution in [0.5, 0.6) is 0 Å². The summed E-state index contributed by atoms with van der Waals surface area (Å²) in [6, 6.07) is 5.79. The first kappa shape index (κ1) is 22.9. The number of benzene rings is 1. The molecule has 29 heavy (non-hydrogen) atoms. The Labute approximate surface area is 177 Å². The fourth-order valence-electron chi connectivity index (χ4n) is 2.90. The van der Waals surface area contributed by atoms with Crippen LogP contribution in [0.2, 0.25) is 0 Å².